The summed E-state index contributed by atoms with van der Waals surface area (Å²) in [5.41, 5.74) is 0.808. The minimum absolute atomic E-state index is 0.310. The Kier molecular flexibility index (Phi) is 5.34. The van der Waals surface area contributed by atoms with Crippen LogP contribution in [0.5, 0.6) is 0 Å². The molecule has 0 aliphatic carbocycles. The normalized spacial score (nSPS) is 11.9. The third-order valence-electron chi connectivity index (χ3n) is 2.94. The van der Waals surface area contributed by atoms with Crippen LogP contribution in [-0.2, 0) is 6.54 Å². The third-order valence-corrected chi connectivity index (χ3v) is 2.94. The lowest BCUT2D eigenvalue weighted by molar-refractivity contribution is 0.140. The molecule has 0 unspecified atom stereocenters. The maximum absolute atomic E-state index is 12.7. The molecule has 1 atom stereocenters. The molecule has 1 aromatic heterocycles. The molecule has 1 aromatic carbocycles. The first kappa shape index (κ1) is 15.1. The Bertz CT molecular complexity index is 555. The zero-order chi connectivity index (χ0) is 15.1. The lowest BCUT2D eigenvalue weighted by Crippen LogP contribution is -2.36. The molecular weight excluding hydrogens is 275 g/mol. The highest BCUT2D eigenvalue weighted by Crippen LogP contribution is 2.15. The molecule has 2 aromatic rings. The van der Waals surface area contributed by atoms with Crippen LogP contribution in [0, 0.1) is 5.82 Å². The van der Waals surface area contributed by atoms with Gasteiger partial charge in [0.1, 0.15) is 17.7 Å². The van der Waals surface area contributed by atoms with Gasteiger partial charge in [-0.2, -0.15) is 0 Å². The molecule has 3 N–H and O–H groups in total. The summed E-state index contributed by atoms with van der Waals surface area (Å²) in [4.78, 5) is 11.5. The van der Waals surface area contributed by atoms with Crippen LogP contribution in [0.25, 0.3) is 0 Å². The Hall–Kier alpha value is -2.34. The minimum Gasteiger partial charge on any atom is -0.467 e. The monoisotopic (exact) mass is 292 g/mol. The lowest BCUT2D eigenvalue weighted by Gasteiger charge is -2.10. The Morgan fingerprint density at radius 2 is 2.00 bits per heavy atom. The number of carbonyl (C=O) groups is 1. The van der Waals surface area contributed by atoms with Crippen LogP contribution in [0.3, 0.4) is 0 Å². The van der Waals surface area contributed by atoms with Crippen molar-refractivity contribution in [3.8, 4) is 0 Å². The lowest BCUT2D eigenvalue weighted by atomic mass is 10.2. The second kappa shape index (κ2) is 7.44. The standard InChI is InChI=1S/C15H17FN2O3/c16-12-5-3-11(4-6-12)10-18-15(20)17-8-7-13(19)14-2-1-9-21-14/h1-6,9,13,19H,7-8,10H2,(H2,17,18,20)/t13-/m1/s1. The van der Waals surface area contributed by atoms with Crippen molar-refractivity contribution in [2.45, 2.75) is 19.1 Å². The predicted octanol–water partition coefficient (Wildman–Crippen LogP) is 2.34. The SMILES string of the molecule is O=C(NCC[C@@H](O)c1ccco1)NCc1ccc(F)cc1. The molecule has 0 aliphatic heterocycles. The molecule has 6 heteroatoms. The fraction of sp³-hybridized carbons (Fsp3) is 0.267. The van der Waals surface area contributed by atoms with E-state index in [-0.39, 0.29) is 11.8 Å². The maximum Gasteiger partial charge on any atom is 0.315 e. The first-order valence-electron chi connectivity index (χ1n) is 6.63. The van der Waals surface area contributed by atoms with Crippen molar-refractivity contribution >= 4 is 6.03 Å². The van der Waals surface area contributed by atoms with Crippen molar-refractivity contribution in [2.24, 2.45) is 0 Å². The summed E-state index contributed by atoms with van der Waals surface area (Å²) < 4.78 is 17.8. The second-order valence-corrected chi connectivity index (χ2v) is 4.56. The van der Waals surface area contributed by atoms with E-state index in [4.69, 9.17) is 4.42 Å². The molecule has 112 valence electrons. The zero-order valence-electron chi connectivity index (χ0n) is 11.4. The van der Waals surface area contributed by atoms with E-state index in [1.54, 1.807) is 24.3 Å². The minimum atomic E-state index is -0.739. The Morgan fingerprint density at radius 1 is 1.24 bits per heavy atom. The van der Waals surface area contributed by atoms with Crippen LogP contribution < -0.4 is 10.6 Å². The molecule has 0 spiro atoms. The van der Waals surface area contributed by atoms with Crippen LogP contribution in [0.1, 0.15) is 23.8 Å². The fourth-order valence-electron chi connectivity index (χ4n) is 1.79. The van der Waals surface area contributed by atoms with Gasteiger partial charge >= 0.3 is 6.03 Å². The van der Waals surface area contributed by atoms with Gasteiger partial charge in [-0.25, -0.2) is 9.18 Å². The number of rotatable bonds is 6. The molecule has 0 fully saturated rings. The fourth-order valence-corrected chi connectivity index (χ4v) is 1.79. The van der Waals surface area contributed by atoms with E-state index in [1.807, 2.05) is 0 Å². The van der Waals surface area contributed by atoms with Crippen molar-refractivity contribution in [3.63, 3.8) is 0 Å². The smallest absolute Gasteiger partial charge is 0.315 e. The van der Waals surface area contributed by atoms with E-state index in [9.17, 15) is 14.3 Å². The zero-order valence-corrected chi connectivity index (χ0v) is 11.4. The third kappa shape index (κ3) is 4.92. The van der Waals surface area contributed by atoms with Crippen LogP contribution in [0.15, 0.2) is 47.1 Å². The van der Waals surface area contributed by atoms with Crippen LogP contribution >= 0.6 is 0 Å². The molecule has 1 heterocycles. The number of urea groups is 1. The van der Waals surface area contributed by atoms with E-state index >= 15 is 0 Å². The number of hydrogen-bond donors (Lipinski definition) is 3. The molecule has 0 saturated carbocycles. The summed E-state index contributed by atoms with van der Waals surface area (Å²) in [6.45, 7) is 0.629. The van der Waals surface area contributed by atoms with Gasteiger partial charge in [0.2, 0.25) is 0 Å². The Balaban J connectivity index is 1.64. The number of nitrogens with one attached hydrogen (secondary N) is 2. The molecule has 0 saturated heterocycles. The van der Waals surface area contributed by atoms with Gasteiger partial charge in [0.15, 0.2) is 0 Å². The predicted molar refractivity (Wildman–Crippen MR) is 74.9 cm³/mol. The van der Waals surface area contributed by atoms with Crippen molar-refractivity contribution < 1.29 is 18.7 Å². The van der Waals surface area contributed by atoms with Gasteiger partial charge in [-0.15, -0.1) is 0 Å². The largest absolute Gasteiger partial charge is 0.467 e. The number of amides is 2. The van der Waals surface area contributed by atoms with Gasteiger partial charge in [0.05, 0.1) is 6.26 Å². The number of benzene rings is 1. The number of carbonyl (C=O) groups excluding carboxylic acids is 1. The average Bonchev–Trinajstić information content (AvgIpc) is 3.01. The highest BCUT2D eigenvalue weighted by molar-refractivity contribution is 5.73. The first-order valence-corrected chi connectivity index (χ1v) is 6.63. The second-order valence-electron chi connectivity index (χ2n) is 4.56. The molecule has 21 heavy (non-hydrogen) atoms. The van der Waals surface area contributed by atoms with Gasteiger partial charge in [0, 0.05) is 13.1 Å². The van der Waals surface area contributed by atoms with E-state index in [0.717, 1.165) is 5.56 Å². The van der Waals surface area contributed by atoms with Crippen molar-refractivity contribution in [3.05, 3.63) is 59.8 Å². The van der Waals surface area contributed by atoms with E-state index in [2.05, 4.69) is 10.6 Å². The summed E-state index contributed by atoms with van der Waals surface area (Å²) in [7, 11) is 0. The van der Waals surface area contributed by atoms with Crippen molar-refractivity contribution in [2.75, 3.05) is 6.54 Å². The summed E-state index contributed by atoms with van der Waals surface area (Å²) in [6, 6.07) is 8.93. The van der Waals surface area contributed by atoms with Crippen molar-refractivity contribution in [1.82, 2.24) is 10.6 Å². The quantitative estimate of drug-likeness (QED) is 0.765. The van der Waals surface area contributed by atoms with Gasteiger partial charge in [-0.05, 0) is 36.2 Å². The molecule has 0 bridgehead atoms. The van der Waals surface area contributed by atoms with E-state index < -0.39 is 6.10 Å². The molecular formula is C15H17FN2O3. The molecule has 2 amide bonds. The molecule has 0 aliphatic rings. The number of hydrogen-bond acceptors (Lipinski definition) is 3. The number of halogens is 1. The summed E-state index contributed by atoms with van der Waals surface area (Å²) in [5.74, 6) is 0.165. The van der Waals surface area contributed by atoms with Crippen LogP contribution in [0.2, 0.25) is 0 Å². The van der Waals surface area contributed by atoms with Crippen LogP contribution in [0.4, 0.5) is 9.18 Å². The number of furan rings is 1. The summed E-state index contributed by atoms with van der Waals surface area (Å²) in [6.07, 6.45) is 1.11. The highest BCUT2D eigenvalue weighted by Gasteiger charge is 2.10. The maximum atomic E-state index is 12.7. The number of aliphatic hydroxyl groups excluding tert-OH is 1. The van der Waals surface area contributed by atoms with Gasteiger partial charge in [-0.3, -0.25) is 0 Å². The average molecular weight is 292 g/mol. The van der Waals surface area contributed by atoms with E-state index in [1.165, 1.54) is 18.4 Å². The highest BCUT2D eigenvalue weighted by atomic mass is 19.1. The topological polar surface area (TPSA) is 74.5 Å². The summed E-state index contributed by atoms with van der Waals surface area (Å²) in [5, 5.41) is 15.0. The molecule has 2 rings (SSSR count). The first-order chi connectivity index (χ1) is 10.1. The molecule has 0 radical (unpaired) electrons. The van der Waals surface area contributed by atoms with Gasteiger partial charge < -0.3 is 20.2 Å². The van der Waals surface area contributed by atoms with Gasteiger partial charge in [0.25, 0.3) is 0 Å². The van der Waals surface area contributed by atoms with Gasteiger partial charge in [-0.1, -0.05) is 12.1 Å². The Morgan fingerprint density at radius 3 is 2.67 bits per heavy atom. The molecule has 5 nitrogen and oxygen atoms in total. The van der Waals surface area contributed by atoms with Crippen molar-refractivity contribution in [1.29, 1.82) is 0 Å². The van der Waals surface area contributed by atoms with E-state index in [0.29, 0.717) is 25.3 Å². The number of aliphatic hydroxyl groups is 1. The van der Waals surface area contributed by atoms with Crippen LogP contribution in [-0.4, -0.2) is 17.7 Å². The Labute approximate surface area is 121 Å². The summed E-state index contributed by atoms with van der Waals surface area (Å²) >= 11 is 0.